The van der Waals surface area contributed by atoms with E-state index in [0.29, 0.717) is 12.3 Å². The van der Waals surface area contributed by atoms with Crippen LogP contribution in [0.4, 0.5) is 5.82 Å². The van der Waals surface area contributed by atoms with Crippen molar-refractivity contribution in [2.45, 2.75) is 0 Å². The molecule has 0 fully saturated rings. The van der Waals surface area contributed by atoms with Gasteiger partial charge in [0.2, 0.25) is 0 Å². The summed E-state index contributed by atoms with van der Waals surface area (Å²) < 4.78 is 10.7. The number of anilines is 1. The van der Waals surface area contributed by atoms with Gasteiger partial charge in [0.05, 0.1) is 6.20 Å². The predicted molar refractivity (Wildman–Crippen MR) is 49.5 cm³/mol. The fourth-order valence-electron chi connectivity index (χ4n) is 0.713. The molecule has 0 saturated heterocycles. The summed E-state index contributed by atoms with van der Waals surface area (Å²) >= 11 is 0. The van der Waals surface area contributed by atoms with E-state index in [1.54, 1.807) is 24.8 Å². The van der Waals surface area contributed by atoms with Crippen molar-refractivity contribution in [3.05, 3.63) is 18.6 Å². The van der Waals surface area contributed by atoms with Gasteiger partial charge in [0.25, 0.3) is 0 Å². The van der Waals surface area contributed by atoms with E-state index in [2.05, 4.69) is 15.3 Å². The van der Waals surface area contributed by atoms with Crippen molar-refractivity contribution in [1.29, 1.82) is 0 Å². The summed E-state index contributed by atoms with van der Waals surface area (Å²) in [6.07, 6.45) is 6.55. The van der Waals surface area contributed by atoms with E-state index in [1.165, 1.54) is 0 Å². The third-order valence-electron chi connectivity index (χ3n) is 1.26. The average Bonchev–Trinajstić information content (AvgIpc) is 2.05. The second-order valence-corrected chi connectivity index (χ2v) is 3.85. The molecule has 0 radical (unpaired) electrons. The van der Waals surface area contributed by atoms with Crippen LogP contribution in [-0.2, 0) is 10.8 Å². The summed E-state index contributed by atoms with van der Waals surface area (Å²) in [5, 5.41) is 3.01. The maximum Gasteiger partial charge on any atom is 0.144 e. The largest absolute Gasteiger partial charge is 0.368 e. The van der Waals surface area contributed by atoms with E-state index in [-0.39, 0.29) is 0 Å². The highest BCUT2D eigenvalue weighted by Gasteiger charge is 1.92. The third kappa shape index (κ3) is 3.43. The zero-order valence-corrected chi connectivity index (χ0v) is 7.67. The molecule has 0 spiro atoms. The molecule has 4 nitrogen and oxygen atoms in total. The Labute approximate surface area is 73.9 Å². The molecule has 66 valence electrons. The molecular weight excluding hydrogens is 174 g/mol. The van der Waals surface area contributed by atoms with Gasteiger partial charge in [0, 0.05) is 41.7 Å². The number of aromatic nitrogens is 2. The van der Waals surface area contributed by atoms with Crippen LogP contribution in [-0.4, -0.2) is 32.7 Å². The van der Waals surface area contributed by atoms with Crippen molar-refractivity contribution in [2.24, 2.45) is 0 Å². The van der Waals surface area contributed by atoms with Crippen molar-refractivity contribution in [2.75, 3.05) is 23.9 Å². The SMILES string of the molecule is CS(=O)CCNc1cnccn1. The molecule has 0 aromatic carbocycles. The van der Waals surface area contributed by atoms with E-state index in [1.807, 2.05) is 0 Å². The maximum absolute atomic E-state index is 10.7. The molecule has 0 aliphatic rings. The molecule has 1 N–H and O–H groups in total. The van der Waals surface area contributed by atoms with Crippen molar-refractivity contribution in [3.8, 4) is 0 Å². The van der Waals surface area contributed by atoms with Crippen LogP contribution in [0.2, 0.25) is 0 Å². The Bertz CT molecular complexity index is 252. The van der Waals surface area contributed by atoms with Gasteiger partial charge in [-0.3, -0.25) is 9.19 Å². The van der Waals surface area contributed by atoms with Crippen LogP contribution in [0.15, 0.2) is 18.6 Å². The van der Waals surface area contributed by atoms with Crippen molar-refractivity contribution >= 4 is 16.6 Å². The van der Waals surface area contributed by atoms with Gasteiger partial charge in [-0.05, 0) is 0 Å². The lowest BCUT2D eigenvalue weighted by Crippen LogP contribution is -2.10. The molecule has 1 aromatic heterocycles. The molecule has 1 aromatic rings. The van der Waals surface area contributed by atoms with E-state index in [0.717, 1.165) is 5.82 Å². The molecule has 0 aliphatic carbocycles. The maximum atomic E-state index is 10.7. The first-order valence-electron chi connectivity index (χ1n) is 3.59. The van der Waals surface area contributed by atoms with Gasteiger partial charge in [-0.2, -0.15) is 0 Å². The van der Waals surface area contributed by atoms with Gasteiger partial charge in [0.1, 0.15) is 5.82 Å². The third-order valence-corrected chi connectivity index (χ3v) is 2.04. The minimum Gasteiger partial charge on any atom is -0.368 e. The van der Waals surface area contributed by atoms with Gasteiger partial charge < -0.3 is 5.32 Å². The van der Waals surface area contributed by atoms with E-state index in [4.69, 9.17) is 0 Å². The molecule has 1 rings (SSSR count). The molecule has 12 heavy (non-hydrogen) atoms. The Kier molecular flexibility index (Phi) is 3.66. The molecule has 0 amide bonds. The fourth-order valence-corrected chi connectivity index (χ4v) is 1.10. The minimum absolute atomic E-state index is 0.635. The number of nitrogens with zero attached hydrogens (tertiary/aromatic N) is 2. The molecule has 5 heteroatoms. The smallest absolute Gasteiger partial charge is 0.144 e. The van der Waals surface area contributed by atoms with Crippen LogP contribution < -0.4 is 5.32 Å². The lowest BCUT2D eigenvalue weighted by atomic mass is 10.6. The topological polar surface area (TPSA) is 54.9 Å². The monoisotopic (exact) mass is 185 g/mol. The summed E-state index contributed by atoms with van der Waals surface area (Å²) in [5.74, 6) is 1.36. The number of nitrogens with one attached hydrogen (secondary N) is 1. The van der Waals surface area contributed by atoms with Crippen molar-refractivity contribution < 1.29 is 4.21 Å². The van der Waals surface area contributed by atoms with Crippen LogP contribution in [0.5, 0.6) is 0 Å². The van der Waals surface area contributed by atoms with Crippen LogP contribution >= 0.6 is 0 Å². The van der Waals surface area contributed by atoms with Gasteiger partial charge in [-0.15, -0.1) is 0 Å². The molecule has 0 bridgehead atoms. The minimum atomic E-state index is -0.750. The second kappa shape index (κ2) is 4.82. The lowest BCUT2D eigenvalue weighted by molar-refractivity contribution is 0.687. The van der Waals surface area contributed by atoms with E-state index in [9.17, 15) is 4.21 Å². The first kappa shape index (κ1) is 9.12. The Morgan fingerprint density at radius 3 is 3.00 bits per heavy atom. The first-order chi connectivity index (χ1) is 5.79. The molecule has 0 aliphatic heterocycles. The van der Waals surface area contributed by atoms with Gasteiger partial charge in [-0.1, -0.05) is 0 Å². The van der Waals surface area contributed by atoms with Crippen LogP contribution in [0.25, 0.3) is 0 Å². The molecule has 1 unspecified atom stereocenters. The van der Waals surface area contributed by atoms with Gasteiger partial charge in [0.15, 0.2) is 0 Å². The number of hydrogen-bond acceptors (Lipinski definition) is 4. The zero-order chi connectivity index (χ0) is 8.81. The van der Waals surface area contributed by atoms with Crippen LogP contribution in [0.1, 0.15) is 0 Å². The normalized spacial score (nSPS) is 12.4. The van der Waals surface area contributed by atoms with Gasteiger partial charge >= 0.3 is 0 Å². The van der Waals surface area contributed by atoms with E-state index < -0.39 is 10.8 Å². The zero-order valence-electron chi connectivity index (χ0n) is 6.86. The van der Waals surface area contributed by atoms with Gasteiger partial charge in [-0.25, -0.2) is 4.98 Å². The summed E-state index contributed by atoms with van der Waals surface area (Å²) in [6, 6.07) is 0. The summed E-state index contributed by atoms with van der Waals surface area (Å²) in [7, 11) is -0.750. The summed E-state index contributed by atoms with van der Waals surface area (Å²) in [4.78, 5) is 7.88. The summed E-state index contributed by atoms with van der Waals surface area (Å²) in [6.45, 7) is 0.668. The van der Waals surface area contributed by atoms with Crippen LogP contribution in [0, 0.1) is 0 Å². The second-order valence-electron chi connectivity index (χ2n) is 2.29. The molecule has 0 saturated carbocycles. The Morgan fingerprint density at radius 1 is 1.58 bits per heavy atom. The first-order valence-corrected chi connectivity index (χ1v) is 5.31. The summed E-state index contributed by atoms with van der Waals surface area (Å²) in [5.41, 5.74) is 0. The predicted octanol–water partition coefficient (Wildman–Crippen LogP) is 0.267. The Balaban J connectivity index is 2.29. The highest BCUT2D eigenvalue weighted by atomic mass is 32.2. The quantitative estimate of drug-likeness (QED) is 0.731. The number of hydrogen-bond donors (Lipinski definition) is 1. The molecular formula is C7H11N3OS. The Hall–Kier alpha value is -0.970. The lowest BCUT2D eigenvalue weighted by Gasteiger charge is -2.01. The average molecular weight is 185 g/mol. The van der Waals surface area contributed by atoms with Crippen molar-refractivity contribution in [1.82, 2.24) is 9.97 Å². The number of rotatable bonds is 4. The van der Waals surface area contributed by atoms with Crippen molar-refractivity contribution in [3.63, 3.8) is 0 Å². The van der Waals surface area contributed by atoms with Crippen LogP contribution in [0.3, 0.4) is 0 Å². The standard InChI is InChI=1S/C7H11N3OS/c1-12(11)5-4-10-7-6-8-2-3-9-7/h2-3,6H,4-5H2,1H3,(H,9,10). The highest BCUT2D eigenvalue weighted by Crippen LogP contribution is 1.95. The fraction of sp³-hybridized carbons (Fsp3) is 0.429. The Morgan fingerprint density at radius 2 is 2.42 bits per heavy atom. The molecule has 1 atom stereocenters. The van der Waals surface area contributed by atoms with E-state index >= 15 is 0 Å². The highest BCUT2D eigenvalue weighted by molar-refractivity contribution is 7.84. The molecule has 1 heterocycles.